The Balaban J connectivity index is 2.11. The Morgan fingerprint density at radius 3 is 2.79 bits per heavy atom. The lowest BCUT2D eigenvalue weighted by Gasteiger charge is -2.09. The number of rotatable bonds is 4. The van der Waals surface area contributed by atoms with Gasteiger partial charge in [0.2, 0.25) is 0 Å². The van der Waals surface area contributed by atoms with Crippen molar-refractivity contribution in [3.8, 4) is 18.0 Å². The van der Waals surface area contributed by atoms with Gasteiger partial charge >= 0.3 is 5.97 Å². The third-order valence-corrected chi connectivity index (χ3v) is 3.23. The quantitative estimate of drug-likeness (QED) is 0.686. The maximum atomic E-state index is 11.2. The molecule has 0 bridgehead atoms. The first-order valence-electron chi connectivity index (χ1n) is 6.72. The molecule has 0 atom stereocenters. The lowest BCUT2D eigenvalue weighted by molar-refractivity contribution is 0.0697. The zero-order valence-electron chi connectivity index (χ0n) is 12.1. The second kappa shape index (κ2) is 6.02. The average molecular weight is 319 g/mol. The highest BCUT2D eigenvalue weighted by molar-refractivity contribution is 5.94. The number of aromatic nitrogens is 4. The van der Waals surface area contributed by atoms with Crippen LogP contribution in [0.25, 0.3) is 16.9 Å². The van der Waals surface area contributed by atoms with Gasteiger partial charge in [0, 0.05) is 23.8 Å². The topological polar surface area (TPSA) is 141 Å². The van der Waals surface area contributed by atoms with Crippen molar-refractivity contribution in [1.29, 1.82) is 10.5 Å². The molecule has 0 aliphatic heterocycles. The first-order chi connectivity index (χ1) is 11.6. The average Bonchev–Trinajstić information content (AvgIpc) is 3.02. The van der Waals surface area contributed by atoms with E-state index >= 15 is 0 Å². The molecule has 9 heteroatoms. The zero-order valence-corrected chi connectivity index (χ0v) is 12.1. The van der Waals surface area contributed by atoms with Crippen LogP contribution in [-0.4, -0.2) is 37.4 Å². The van der Waals surface area contributed by atoms with Gasteiger partial charge in [-0.3, -0.25) is 0 Å². The van der Waals surface area contributed by atoms with Crippen molar-refractivity contribution in [2.45, 2.75) is 0 Å². The van der Waals surface area contributed by atoms with Gasteiger partial charge in [-0.2, -0.15) is 20.3 Å². The minimum atomic E-state index is -1.16. The zero-order chi connectivity index (χ0) is 17.1. The van der Waals surface area contributed by atoms with Gasteiger partial charge in [-0.05, 0) is 6.07 Å². The van der Waals surface area contributed by atoms with Crippen LogP contribution in [0.15, 0.2) is 30.7 Å². The highest BCUT2D eigenvalue weighted by Gasteiger charge is 2.14. The Bertz CT molecular complexity index is 1030. The lowest BCUT2D eigenvalue weighted by atomic mass is 10.2. The van der Waals surface area contributed by atoms with E-state index in [1.54, 1.807) is 12.3 Å². The normalized spacial score (nSPS) is 10.1. The van der Waals surface area contributed by atoms with Gasteiger partial charge in [-0.1, -0.05) is 0 Å². The minimum Gasteiger partial charge on any atom is -0.478 e. The molecule has 0 unspecified atom stereocenters. The SMILES string of the molecule is N#CCNc1cc(-n2ncc3cc(C#N)cnc32)ncc1C(=O)O. The fourth-order valence-electron chi connectivity index (χ4n) is 2.16. The number of anilines is 1. The van der Waals surface area contributed by atoms with Crippen LogP contribution in [0.5, 0.6) is 0 Å². The smallest absolute Gasteiger partial charge is 0.339 e. The van der Waals surface area contributed by atoms with Crippen LogP contribution in [-0.2, 0) is 0 Å². The monoisotopic (exact) mass is 319 g/mol. The van der Waals surface area contributed by atoms with Gasteiger partial charge in [0.05, 0.1) is 23.5 Å². The highest BCUT2D eigenvalue weighted by atomic mass is 16.4. The summed E-state index contributed by atoms with van der Waals surface area (Å²) in [5, 5.41) is 34.3. The van der Waals surface area contributed by atoms with Crippen LogP contribution in [0, 0.1) is 22.7 Å². The molecule has 0 amide bonds. The molecule has 0 radical (unpaired) electrons. The molecule has 0 aliphatic rings. The molecule has 0 aromatic carbocycles. The Kier molecular flexibility index (Phi) is 3.75. The van der Waals surface area contributed by atoms with Crippen molar-refractivity contribution in [2.75, 3.05) is 11.9 Å². The summed E-state index contributed by atoms with van der Waals surface area (Å²) in [6.45, 7) is -0.0482. The number of carbonyl (C=O) groups is 1. The molecule has 0 saturated heterocycles. The van der Waals surface area contributed by atoms with Crippen LogP contribution in [0.3, 0.4) is 0 Å². The molecule has 9 nitrogen and oxygen atoms in total. The second-order valence-electron chi connectivity index (χ2n) is 4.71. The van der Waals surface area contributed by atoms with Gasteiger partial charge in [-0.15, -0.1) is 0 Å². The van der Waals surface area contributed by atoms with Gasteiger partial charge in [-0.25, -0.2) is 14.8 Å². The maximum absolute atomic E-state index is 11.2. The van der Waals surface area contributed by atoms with E-state index in [4.69, 9.17) is 10.5 Å². The van der Waals surface area contributed by atoms with Crippen LogP contribution in [0.4, 0.5) is 5.69 Å². The Morgan fingerprint density at radius 2 is 2.08 bits per heavy atom. The Labute approximate surface area is 135 Å². The molecule has 3 aromatic heterocycles. The van der Waals surface area contributed by atoms with Crippen molar-refractivity contribution in [3.63, 3.8) is 0 Å². The van der Waals surface area contributed by atoms with Crippen LogP contribution < -0.4 is 5.32 Å². The van der Waals surface area contributed by atoms with Crippen molar-refractivity contribution < 1.29 is 9.90 Å². The van der Waals surface area contributed by atoms with Gasteiger partial charge in [0.1, 0.15) is 18.2 Å². The first-order valence-corrected chi connectivity index (χ1v) is 6.72. The number of hydrogen-bond donors (Lipinski definition) is 2. The molecule has 3 aromatic rings. The van der Waals surface area contributed by atoms with Gasteiger partial charge in [0.15, 0.2) is 11.5 Å². The fourth-order valence-corrected chi connectivity index (χ4v) is 2.16. The number of nitrogens with zero attached hydrogens (tertiary/aromatic N) is 6. The van der Waals surface area contributed by atoms with E-state index in [0.29, 0.717) is 22.4 Å². The van der Waals surface area contributed by atoms with E-state index in [1.807, 2.05) is 12.1 Å². The number of hydrogen-bond acceptors (Lipinski definition) is 7. The number of carboxylic acids is 1. The summed E-state index contributed by atoms with van der Waals surface area (Å²) in [7, 11) is 0. The van der Waals surface area contributed by atoms with Gasteiger partial charge < -0.3 is 10.4 Å². The largest absolute Gasteiger partial charge is 0.478 e. The number of nitrogens with one attached hydrogen (secondary N) is 1. The standard InChI is InChI=1S/C15H9N7O2/c16-1-2-18-12-4-13(19-8-11(12)15(23)24)22-14-10(7-21-22)3-9(5-17)6-20-14/h3-4,6-8H,2H2,(H,18,19)(H,23,24). The molecule has 0 saturated carbocycles. The van der Waals surface area contributed by atoms with Crippen molar-refractivity contribution >= 4 is 22.7 Å². The van der Waals surface area contributed by atoms with E-state index in [-0.39, 0.29) is 17.8 Å². The first kappa shape index (κ1) is 14.9. The van der Waals surface area contributed by atoms with Crippen molar-refractivity contribution in [2.24, 2.45) is 0 Å². The molecule has 0 fully saturated rings. The summed E-state index contributed by atoms with van der Waals surface area (Å²) in [4.78, 5) is 19.5. The number of nitriles is 2. The summed E-state index contributed by atoms with van der Waals surface area (Å²) >= 11 is 0. The number of fused-ring (bicyclic) bond motifs is 1. The molecule has 0 spiro atoms. The van der Waals surface area contributed by atoms with E-state index in [9.17, 15) is 9.90 Å². The Hall–Kier alpha value is -3.98. The lowest BCUT2D eigenvalue weighted by Crippen LogP contribution is -2.10. The van der Waals surface area contributed by atoms with Crippen molar-refractivity contribution in [1.82, 2.24) is 19.7 Å². The molecular weight excluding hydrogens is 310 g/mol. The number of carboxylic acid groups (broad SMARTS) is 1. The molecule has 0 aliphatic carbocycles. The predicted octanol–water partition coefficient (Wildman–Crippen LogP) is 1.32. The number of pyridine rings is 2. The maximum Gasteiger partial charge on any atom is 0.339 e. The molecule has 24 heavy (non-hydrogen) atoms. The van der Waals surface area contributed by atoms with Crippen LogP contribution >= 0.6 is 0 Å². The van der Waals surface area contributed by atoms with Crippen LogP contribution in [0.1, 0.15) is 15.9 Å². The highest BCUT2D eigenvalue weighted by Crippen LogP contribution is 2.21. The van der Waals surface area contributed by atoms with E-state index in [1.165, 1.54) is 23.1 Å². The van der Waals surface area contributed by atoms with Crippen LogP contribution in [0.2, 0.25) is 0 Å². The van der Waals surface area contributed by atoms with E-state index in [2.05, 4.69) is 20.4 Å². The van der Waals surface area contributed by atoms with E-state index < -0.39 is 5.97 Å². The predicted molar refractivity (Wildman–Crippen MR) is 82.4 cm³/mol. The summed E-state index contributed by atoms with van der Waals surface area (Å²) in [5.41, 5.74) is 1.10. The summed E-state index contributed by atoms with van der Waals surface area (Å²) < 4.78 is 1.43. The molecule has 3 heterocycles. The third kappa shape index (κ3) is 2.58. The van der Waals surface area contributed by atoms with Crippen molar-refractivity contribution in [3.05, 3.63) is 41.9 Å². The molecule has 116 valence electrons. The second-order valence-corrected chi connectivity index (χ2v) is 4.71. The third-order valence-electron chi connectivity index (χ3n) is 3.23. The Morgan fingerprint density at radius 1 is 1.25 bits per heavy atom. The minimum absolute atomic E-state index is 0.0482. The summed E-state index contributed by atoms with van der Waals surface area (Å²) in [6, 6.07) is 7.01. The molecule has 2 N–H and O–H groups in total. The van der Waals surface area contributed by atoms with E-state index in [0.717, 1.165) is 0 Å². The summed E-state index contributed by atoms with van der Waals surface area (Å²) in [5.74, 6) is -0.816. The molecular formula is C15H9N7O2. The number of aromatic carboxylic acids is 1. The molecule has 3 rings (SSSR count). The van der Waals surface area contributed by atoms with Gasteiger partial charge in [0.25, 0.3) is 0 Å². The fraction of sp³-hybridized carbons (Fsp3) is 0.0667. The summed E-state index contributed by atoms with van der Waals surface area (Å²) in [6.07, 6.45) is 4.15.